The van der Waals surface area contributed by atoms with Crippen LogP contribution in [0.3, 0.4) is 0 Å². The summed E-state index contributed by atoms with van der Waals surface area (Å²) < 4.78 is 0. The Hall–Kier alpha value is -2.48. The molecule has 1 aliphatic heterocycles. The lowest BCUT2D eigenvalue weighted by molar-refractivity contribution is -0.132. The summed E-state index contributed by atoms with van der Waals surface area (Å²) in [6.07, 6.45) is 2.96. The van der Waals surface area contributed by atoms with Crippen LogP contribution < -0.4 is 5.32 Å². The minimum Gasteiger partial charge on any atom is -0.340 e. The van der Waals surface area contributed by atoms with Crippen molar-refractivity contribution in [1.82, 2.24) is 19.8 Å². The number of anilines is 2. The molecule has 0 saturated carbocycles. The number of amides is 1. The van der Waals surface area contributed by atoms with Gasteiger partial charge in [-0.3, -0.25) is 9.69 Å². The van der Waals surface area contributed by atoms with Crippen LogP contribution in [0.4, 0.5) is 10.9 Å². The van der Waals surface area contributed by atoms with Gasteiger partial charge in [0.1, 0.15) is 5.82 Å². The summed E-state index contributed by atoms with van der Waals surface area (Å²) in [5, 5.41) is 6.38. The molecular weight excluding hydrogens is 418 g/mol. The Bertz CT molecular complexity index is 955. The van der Waals surface area contributed by atoms with Crippen LogP contribution in [-0.4, -0.2) is 58.4 Å². The highest BCUT2D eigenvalue weighted by molar-refractivity contribution is 7.13. The zero-order chi connectivity index (χ0) is 20.8. The van der Waals surface area contributed by atoms with Gasteiger partial charge >= 0.3 is 0 Å². The summed E-state index contributed by atoms with van der Waals surface area (Å²) in [6, 6.07) is 14.1. The molecule has 8 heteroatoms. The molecule has 0 radical (unpaired) electrons. The van der Waals surface area contributed by atoms with Crippen LogP contribution in [0.5, 0.6) is 0 Å². The lowest BCUT2D eigenvalue weighted by Gasteiger charge is -2.34. The topological polar surface area (TPSA) is 61.4 Å². The number of carbonyl (C=O) groups is 1. The third kappa shape index (κ3) is 5.78. The summed E-state index contributed by atoms with van der Waals surface area (Å²) in [7, 11) is 0. The Morgan fingerprint density at radius 3 is 2.63 bits per heavy atom. The normalized spacial score (nSPS) is 14.6. The second-order valence-corrected chi connectivity index (χ2v) is 8.56. The maximum atomic E-state index is 12.7. The zero-order valence-corrected chi connectivity index (χ0v) is 18.2. The van der Waals surface area contributed by atoms with Crippen LogP contribution >= 0.6 is 22.9 Å². The molecule has 4 rings (SSSR count). The molecule has 0 spiro atoms. The number of carbonyl (C=O) groups excluding carboxylic acids is 1. The minimum atomic E-state index is 0.138. The summed E-state index contributed by atoms with van der Waals surface area (Å²) >= 11 is 7.32. The number of aromatic nitrogens is 2. The highest BCUT2D eigenvalue weighted by Crippen LogP contribution is 2.21. The number of hydrogen-bond acceptors (Lipinski definition) is 6. The molecule has 6 nitrogen and oxygen atoms in total. The van der Waals surface area contributed by atoms with Crippen molar-refractivity contribution >= 4 is 39.8 Å². The predicted molar refractivity (Wildman–Crippen MR) is 122 cm³/mol. The number of thiazole rings is 1. The molecule has 2 aromatic heterocycles. The number of benzene rings is 1. The molecule has 1 amide bonds. The van der Waals surface area contributed by atoms with Crippen LogP contribution in [0.25, 0.3) is 0 Å². The van der Waals surface area contributed by atoms with E-state index in [1.54, 1.807) is 18.3 Å². The molecule has 0 aliphatic carbocycles. The standard InChI is InChI=1S/C22H24ClN5OS/c23-18-6-7-20(24-15-18)26-22-25-19(16-30-22)14-21(29)28-12-10-27(11-13-28)9-8-17-4-2-1-3-5-17/h1-7,15-16H,8-14H2,(H,24,25,26). The molecule has 0 unspecified atom stereocenters. The van der Waals surface area contributed by atoms with E-state index in [2.05, 4.69) is 44.5 Å². The number of nitrogens with zero attached hydrogens (tertiary/aromatic N) is 4. The average molecular weight is 442 g/mol. The van der Waals surface area contributed by atoms with E-state index in [9.17, 15) is 4.79 Å². The molecule has 156 valence electrons. The molecule has 1 aromatic carbocycles. The van der Waals surface area contributed by atoms with Crippen molar-refractivity contribution in [3.05, 3.63) is 70.3 Å². The SMILES string of the molecule is O=C(Cc1csc(Nc2ccc(Cl)cn2)n1)N1CCN(CCc2ccccc2)CC1. The first-order chi connectivity index (χ1) is 14.7. The molecule has 3 heterocycles. The van der Waals surface area contributed by atoms with Gasteiger partial charge in [-0.2, -0.15) is 0 Å². The summed E-state index contributed by atoms with van der Waals surface area (Å²) in [4.78, 5) is 25.8. The molecule has 3 aromatic rings. The van der Waals surface area contributed by atoms with Gasteiger partial charge in [0.2, 0.25) is 5.91 Å². The number of rotatable bonds is 7. The first-order valence-corrected chi connectivity index (χ1v) is 11.3. The fourth-order valence-corrected chi connectivity index (χ4v) is 4.25. The second kappa shape index (κ2) is 10.0. The van der Waals surface area contributed by atoms with E-state index >= 15 is 0 Å². The highest BCUT2D eigenvalue weighted by Gasteiger charge is 2.21. The van der Waals surface area contributed by atoms with Gasteiger partial charge in [0, 0.05) is 44.3 Å². The Morgan fingerprint density at radius 1 is 1.10 bits per heavy atom. The fourth-order valence-electron chi connectivity index (χ4n) is 3.42. The van der Waals surface area contributed by atoms with E-state index in [4.69, 9.17) is 11.6 Å². The number of nitrogens with one attached hydrogen (secondary N) is 1. The van der Waals surface area contributed by atoms with E-state index in [1.165, 1.54) is 16.9 Å². The van der Waals surface area contributed by atoms with Gasteiger partial charge in [0.15, 0.2) is 5.13 Å². The molecular formula is C22H24ClN5OS. The molecule has 1 saturated heterocycles. The van der Waals surface area contributed by atoms with Crippen LogP contribution in [-0.2, 0) is 17.6 Å². The van der Waals surface area contributed by atoms with Crippen LogP contribution in [0.1, 0.15) is 11.3 Å². The largest absolute Gasteiger partial charge is 0.340 e. The smallest absolute Gasteiger partial charge is 0.228 e. The summed E-state index contributed by atoms with van der Waals surface area (Å²) in [5.41, 5.74) is 2.14. The Morgan fingerprint density at radius 2 is 1.90 bits per heavy atom. The van der Waals surface area contributed by atoms with Crippen molar-refractivity contribution < 1.29 is 4.79 Å². The molecule has 1 aliphatic rings. The molecule has 1 fully saturated rings. The maximum absolute atomic E-state index is 12.7. The number of hydrogen-bond donors (Lipinski definition) is 1. The third-order valence-corrected chi connectivity index (χ3v) is 6.16. The van der Waals surface area contributed by atoms with Crippen LogP contribution in [0.2, 0.25) is 5.02 Å². The molecule has 0 atom stereocenters. The lowest BCUT2D eigenvalue weighted by Crippen LogP contribution is -2.49. The van der Waals surface area contributed by atoms with Crippen molar-refractivity contribution in [3.63, 3.8) is 0 Å². The van der Waals surface area contributed by atoms with E-state index in [0.717, 1.165) is 50.0 Å². The van der Waals surface area contributed by atoms with Gasteiger partial charge < -0.3 is 10.2 Å². The van der Waals surface area contributed by atoms with Gasteiger partial charge in [-0.05, 0) is 24.1 Å². The van der Waals surface area contributed by atoms with Gasteiger partial charge in [-0.1, -0.05) is 41.9 Å². The predicted octanol–water partition coefficient (Wildman–Crippen LogP) is 3.86. The zero-order valence-electron chi connectivity index (χ0n) is 16.6. The first kappa shape index (κ1) is 20.8. The Balaban J connectivity index is 1.22. The number of halogens is 1. The molecule has 30 heavy (non-hydrogen) atoms. The Kier molecular flexibility index (Phi) is 6.94. The van der Waals surface area contributed by atoms with E-state index in [0.29, 0.717) is 17.3 Å². The van der Waals surface area contributed by atoms with E-state index in [1.807, 2.05) is 16.3 Å². The van der Waals surface area contributed by atoms with Crippen molar-refractivity contribution in [2.24, 2.45) is 0 Å². The minimum absolute atomic E-state index is 0.138. The van der Waals surface area contributed by atoms with Crippen LogP contribution in [0, 0.1) is 0 Å². The monoisotopic (exact) mass is 441 g/mol. The van der Waals surface area contributed by atoms with Gasteiger partial charge in [-0.15, -0.1) is 11.3 Å². The quantitative estimate of drug-likeness (QED) is 0.603. The number of piperazine rings is 1. The lowest BCUT2D eigenvalue weighted by atomic mass is 10.1. The fraction of sp³-hybridized carbons (Fsp3) is 0.318. The van der Waals surface area contributed by atoms with Gasteiger partial charge in [-0.25, -0.2) is 9.97 Å². The van der Waals surface area contributed by atoms with Gasteiger partial charge in [0.25, 0.3) is 0 Å². The number of pyridine rings is 1. The summed E-state index contributed by atoms with van der Waals surface area (Å²) in [5.74, 6) is 0.817. The second-order valence-electron chi connectivity index (χ2n) is 7.27. The average Bonchev–Trinajstić information content (AvgIpc) is 3.21. The van der Waals surface area contributed by atoms with E-state index in [-0.39, 0.29) is 5.91 Å². The Labute approximate surface area is 185 Å². The van der Waals surface area contributed by atoms with E-state index < -0.39 is 0 Å². The van der Waals surface area contributed by atoms with Crippen molar-refractivity contribution in [1.29, 1.82) is 0 Å². The maximum Gasteiger partial charge on any atom is 0.228 e. The molecule has 1 N–H and O–H groups in total. The van der Waals surface area contributed by atoms with Gasteiger partial charge in [0.05, 0.1) is 17.1 Å². The first-order valence-electron chi connectivity index (χ1n) is 10.0. The third-order valence-electron chi connectivity index (χ3n) is 5.13. The highest BCUT2D eigenvalue weighted by atomic mass is 35.5. The molecule has 0 bridgehead atoms. The summed E-state index contributed by atoms with van der Waals surface area (Å²) in [6.45, 7) is 4.43. The van der Waals surface area contributed by atoms with Crippen molar-refractivity contribution in [3.8, 4) is 0 Å². The van der Waals surface area contributed by atoms with Crippen molar-refractivity contribution in [2.75, 3.05) is 38.0 Å². The van der Waals surface area contributed by atoms with Crippen molar-refractivity contribution in [2.45, 2.75) is 12.8 Å². The van der Waals surface area contributed by atoms with Crippen LogP contribution in [0.15, 0.2) is 54.0 Å².